The van der Waals surface area contributed by atoms with Crippen molar-refractivity contribution in [3.8, 4) is 0 Å². The van der Waals surface area contributed by atoms with Crippen LogP contribution in [0, 0.1) is 0 Å². The zero-order chi connectivity index (χ0) is 16.5. The fourth-order valence-electron chi connectivity index (χ4n) is 2.39. The Labute approximate surface area is 135 Å². The van der Waals surface area contributed by atoms with E-state index < -0.39 is 5.97 Å². The van der Waals surface area contributed by atoms with Crippen LogP contribution in [0.15, 0.2) is 24.3 Å². The highest BCUT2D eigenvalue weighted by atomic mass is 16.5. The number of hydrogen-bond acceptors (Lipinski definition) is 4. The van der Waals surface area contributed by atoms with Crippen molar-refractivity contribution in [3.05, 3.63) is 29.8 Å². The number of ether oxygens (including phenoxy) is 2. The lowest BCUT2D eigenvalue weighted by Crippen LogP contribution is -2.25. The predicted octanol–water partition coefficient (Wildman–Crippen LogP) is 2.23. The lowest BCUT2D eigenvalue weighted by Gasteiger charge is -2.22. The lowest BCUT2D eigenvalue weighted by molar-refractivity contribution is -0.137. The maximum absolute atomic E-state index is 11.9. The van der Waals surface area contributed by atoms with E-state index in [9.17, 15) is 9.59 Å². The number of carboxylic acid groups (broad SMARTS) is 1. The average molecular weight is 321 g/mol. The molecule has 0 aromatic heterocycles. The molecule has 126 valence electrons. The molecule has 1 aliphatic heterocycles. The summed E-state index contributed by atoms with van der Waals surface area (Å²) < 4.78 is 10.9. The molecule has 6 nitrogen and oxygen atoms in total. The third-order valence-corrected chi connectivity index (χ3v) is 3.72. The maximum atomic E-state index is 11.9. The molecule has 0 saturated carbocycles. The molecule has 1 aromatic carbocycles. The van der Waals surface area contributed by atoms with Crippen LogP contribution >= 0.6 is 0 Å². The van der Waals surface area contributed by atoms with Crippen molar-refractivity contribution in [3.63, 3.8) is 0 Å². The molecule has 2 N–H and O–H groups in total. The van der Waals surface area contributed by atoms with Gasteiger partial charge in [-0.05, 0) is 37.0 Å². The smallest absolute Gasteiger partial charge is 0.303 e. The summed E-state index contributed by atoms with van der Waals surface area (Å²) in [7, 11) is 0. The molecule has 0 aliphatic carbocycles. The van der Waals surface area contributed by atoms with Gasteiger partial charge in [-0.15, -0.1) is 0 Å². The minimum Gasteiger partial charge on any atom is -0.481 e. The summed E-state index contributed by atoms with van der Waals surface area (Å²) in [6.07, 6.45) is 2.89. The summed E-state index contributed by atoms with van der Waals surface area (Å²) in [6.45, 7) is 1.86. The van der Waals surface area contributed by atoms with Gasteiger partial charge in [0.1, 0.15) is 0 Å². The third-order valence-electron chi connectivity index (χ3n) is 3.72. The molecule has 1 amide bonds. The predicted molar refractivity (Wildman–Crippen MR) is 85.4 cm³/mol. The molecule has 1 heterocycles. The highest BCUT2D eigenvalue weighted by Crippen LogP contribution is 2.13. The first-order chi connectivity index (χ1) is 11.1. The Balaban J connectivity index is 1.66. The SMILES string of the molecule is O=C(O)CCc1ccc(NC(=O)CCOC2CCOCC2)cc1. The van der Waals surface area contributed by atoms with Gasteiger partial charge in [0.15, 0.2) is 0 Å². The molecule has 0 unspecified atom stereocenters. The molecule has 2 rings (SSSR count). The average Bonchev–Trinajstić information content (AvgIpc) is 2.55. The highest BCUT2D eigenvalue weighted by molar-refractivity contribution is 5.90. The van der Waals surface area contributed by atoms with E-state index in [1.165, 1.54) is 0 Å². The van der Waals surface area contributed by atoms with E-state index in [1.54, 1.807) is 12.1 Å². The Morgan fingerprint density at radius 2 is 1.87 bits per heavy atom. The van der Waals surface area contributed by atoms with Crippen molar-refractivity contribution in [2.24, 2.45) is 0 Å². The number of rotatable bonds is 8. The van der Waals surface area contributed by atoms with E-state index in [1.807, 2.05) is 12.1 Å². The maximum Gasteiger partial charge on any atom is 0.303 e. The van der Waals surface area contributed by atoms with Gasteiger partial charge in [-0.1, -0.05) is 12.1 Å². The van der Waals surface area contributed by atoms with Crippen molar-refractivity contribution < 1.29 is 24.2 Å². The summed E-state index contributed by atoms with van der Waals surface area (Å²) in [4.78, 5) is 22.4. The Bertz CT molecular complexity index is 508. The number of carbonyl (C=O) groups excluding carboxylic acids is 1. The first-order valence-corrected chi connectivity index (χ1v) is 7.93. The van der Waals surface area contributed by atoms with Gasteiger partial charge in [-0.3, -0.25) is 9.59 Å². The zero-order valence-electron chi connectivity index (χ0n) is 13.1. The van der Waals surface area contributed by atoms with Crippen LogP contribution in [-0.4, -0.2) is 42.9 Å². The Hall–Kier alpha value is -1.92. The number of benzene rings is 1. The van der Waals surface area contributed by atoms with E-state index >= 15 is 0 Å². The number of anilines is 1. The van der Waals surface area contributed by atoms with Crippen LogP contribution in [0.1, 0.15) is 31.2 Å². The minimum absolute atomic E-state index is 0.0876. The van der Waals surface area contributed by atoms with Crippen LogP contribution in [0.3, 0.4) is 0 Å². The van der Waals surface area contributed by atoms with Gasteiger partial charge >= 0.3 is 5.97 Å². The second-order valence-corrected chi connectivity index (χ2v) is 5.57. The first-order valence-electron chi connectivity index (χ1n) is 7.93. The van der Waals surface area contributed by atoms with Gasteiger partial charge in [0, 0.05) is 25.3 Å². The van der Waals surface area contributed by atoms with Crippen LogP contribution in [-0.2, 0) is 25.5 Å². The van der Waals surface area contributed by atoms with Crippen LogP contribution in [0.4, 0.5) is 5.69 Å². The van der Waals surface area contributed by atoms with Gasteiger partial charge in [0.2, 0.25) is 5.91 Å². The summed E-state index contributed by atoms with van der Waals surface area (Å²) in [5.74, 6) is -0.901. The number of aliphatic carboxylic acids is 1. The summed E-state index contributed by atoms with van der Waals surface area (Å²) in [6, 6.07) is 7.23. The first kappa shape index (κ1) is 17.4. The number of hydrogen-bond donors (Lipinski definition) is 2. The number of aryl methyl sites for hydroxylation is 1. The van der Waals surface area contributed by atoms with Gasteiger partial charge in [-0.2, -0.15) is 0 Å². The molecule has 1 fully saturated rings. The van der Waals surface area contributed by atoms with Crippen LogP contribution in [0.5, 0.6) is 0 Å². The van der Waals surface area contributed by atoms with Crippen LogP contribution in [0.2, 0.25) is 0 Å². The van der Waals surface area contributed by atoms with Crippen molar-refractivity contribution in [2.45, 2.75) is 38.2 Å². The lowest BCUT2D eigenvalue weighted by atomic mass is 10.1. The fourth-order valence-corrected chi connectivity index (χ4v) is 2.39. The Morgan fingerprint density at radius 3 is 2.52 bits per heavy atom. The summed E-state index contributed by atoms with van der Waals surface area (Å²) in [5.41, 5.74) is 1.65. The molecule has 0 spiro atoms. The van der Waals surface area contributed by atoms with Crippen molar-refractivity contribution in [1.29, 1.82) is 0 Å². The molecule has 6 heteroatoms. The van der Waals surface area contributed by atoms with E-state index in [2.05, 4.69) is 5.32 Å². The largest absolute Gasteiger partial charge is 0.481 e. The van der Waals surface area contributed by atoms with Crippen molar-refractivity contribution >= 4 is 17.6 Å². The molecule has 0 radical (unpaired) electrons. The van der Waals surface area contributed by atoms with Gasteiger partial charge in [0.25, 0.3) is 0 Å². The normalized spacial score (nSPS) is 15.3. The van der Waals surface area contributed by atoms with Crippen LogP contribution in [0.25, 0.3) is 0 Å². The molecular weight excluding hydrogens is 298 g/mol. The van der Waals surface area contributed by atoms with E-state index in [0.29, 0.717) is 25.1 Å². The molecule has 23 heavy (non-hydrogen) atoms. The Morgan fingerprint density at radius 1 is 1.17 bits per heavy atom. The third kappa shape index (κ3) is 6.80. The topological polar surface area (TPSA) is 84.9 Å². The van der Waals surface area contributed by atoms with Gasteiger partial charge < -0.3 is 19.9 Å². The monoisotopic (exact) mass is 321 g/mol. The molecule has 1 saturated heterocycles. The van der Waals surface area contributed by atoms with Gasteiger partial charge in [0.05, 0.1) is 19.1 Å². The number of amides is 1. The van der Waals surface area contributed by atoms with E-state index in [4.69, 9.17) is 14.6 Å². The second kappa shape index (κ2) is 9.27. The van der Waals surface area contributed by atoms with Gasteiger partial charge in [-0.25, -0.2) is 0 Å². The van der Waals surface area contributed by atoms with Crippen LogP contribution < -0.4 is 5.32 Å². The zero-order valence-corrected chi connectivity index (χ0v) is 13.1. The standard InChI is InChI=1S/C17H23NO5/c19-16(9-12-23-15-7-10-22-11-8-15)18-14-4-1-13(2-5-14)3-6-17(20)21/h1-2,4-5,15H,3,6-12H2,(H,18,19)(H,20,21). The van der Waals surface area contributed by atoms with E-state index in [0.717, 1.165) is 31.6 Å². The Kier molecular flexibility index (Phi) is 7.03. The summed E-state index contributed by atoms with van der Waals surface area (Å²) in [5, 5.41) is 11.5. The molecule has 1 aliphatic rings. The highest BCUT2D eigenvalue weighted by Gasteiger charge is 2.14. The molecular formula is C17H23NO5. The second-order valence-electron chi connectivity index (χ2n) is 5.57. The number of carboxylic acids is 1. The molecule has 1 aromatic rings. The molecule has 0 atom stereocenters. The van der Waals surface area contributed by atoms with Crippen molar-refractivity contribution in [1.82, 2.24) is 0 Å². The number of nitrogens with one attached hydrogen (secondary N) is 1. The van der Waals surface area contributed by atoms with Crippen molar-refractivity contribution in [2.75, 3.05) is 25.1 Å². The fraction of sp³-hybridized carbons (Fsp3) is 0.529. The summed E-state index contributed by atoms with van der Waals surface area (Å²) >= 11 is 0. The van der Waals surface area contributed by atoms with E-state index in [-0.39, 0.29) is 18.4 Å². The molecule has 0 bridgehead atoms. The number of carbonyl (C=O) groups is 2. The quantitative estimate of drug-likeness (QED) is 0.767. The minimum atomic E-state index is -0.813.